The van der Waals surface area contributed by atoms with Crippen LogP contribution in [0.1, 0.15) is 0 Å². The summed E-state index contributed by atoms with van der Waals surface area (Å²) in [6.45, 7) is 0. The number of rotatable bonds is 2. The summed E-state index contributed by atoms with van der Waals surface area (Å²) in [4.78, 5) is 11.5. The van der Waals surface area contributed by atoms with Crippen LogP contribution < -0.4 is 0 Å². The lowest BCUT2D eigenvalue weighted by molar-refractivity contribution is 1.27. The van der Waals surface area contributed by atoms with E-state index >= 15 is 0 Å². The highest BCUT2D eigenvalue weighted by atomic mass is 14.9. The van der Waals surface area contributed by atoms with Gasteiger partial charge in [-0.15, -0.1) is 0 Å². The molecule has 81 valence electrons. The average Bonchev–Trinajstić information content (AvgIpc) is 2.94. The van der Waals surface area contributed by atoms with Gasteiger partial charge in [-0.05, 0) is 12.1 Å². The average molecular weight is 220 g/mol. The van der Waals surface area contributed by atoms with E-state index in [9.17, 15) is 0 Å². The third kappa shape index (κ3) is 1.95. The number of aromatic amines is 1. The Hall–Kier alpha value is -2.42. The van der Waals surface area contributed by atoms with Gasteiger partial charge < -0.3 is 4.98 Å². The molecule has 17 heavy (non-hydrogen) atoms. The number of aromatic nitrogens is 3. The number of hydrogen-bond acceptors (Lipinski definition) is 2. The second-order valence-electron chi connectivity index (χ2n) is 3.67. The van der Waals surface area contributed by atoms with Crippen LogP contribution in [-0.4, -0.2) is 15.0 Å². The fourth-order valence-electron chi connectivity index (χ4n) is 1.72. The second kappa shape index (κ2) is 4.22. The summed E-state index contributed by atoms with van der Waals surface area (Å²) in [5.41, 5.74) is 3.06. The van der Waals surface area contributed by atoms with Gasteiger partial charge in [0, 0.05) is 23.5 Å². The van der Waals surface area contributed by atoms with Gasteiger partial charge in [-0.3, -0.25) is 4.98 Å². The molecular weight excluding hydrogens is 210 g/mol. The molecule has 0 aliphatic carbocycles. The topological polar surface area (TPSA) is 41.6 Å². The van der Waals surface area contributed by atoms with Gasteiger partial charge in [-0.25, -0.2) is 4.98 Å². The Balaban J connectivity index is 2.06. The van der Waals surface area contributed by atoms with Gasteiger partial charge in [-0.2, -0.15) is 0 Å². The number of imidazole rings is 1. The van der Waals surface area contributed by atoms with Crippen molar-refractivity contribution in [3.05, 3.63) is 61.1 Å². The van der Waals surface area contributed by atoms with E-state index in [1.54, 1.807) is 12.4 Å². The molecule has 3 rings (SSSR count). The van der Waals surface area contributed by atoms with Crippen molar-refractivity contribution in [1.29, 1.82) is 0 Å². The molecule has 0 amide bonds. The van der Waals surface area contributed by atoms with Gasteiger partial charge >= 0.3 is 0 Å². The lowest BCUT2D eigenvalue weighted by Crippen LogP contribution is -1.86. The third-order valence-corrected chi connectivity index (χ3v) is 2.55. The minimum Gasteiger partial charge on any atom is -0.344 e. The van der Waals surface area contributed by atoms with Crippen molar-refractivity contribution in [2.24, 2.45) is 0 Å². The van der Waals surface area contributed by atoms with Gasteiger partial charge in [0.15, 0.2) is 0 Å². The van der Waals surface area contributed by atoms with E-state index < -0.39 is 0 Å². The molecule has 0 unspecified atom stereocenters. The van der Waals surface area contributed by atoms with Crippen LogP contribution in [0.15, 0.2) is 54.9 Å². The Bertz CT molecular complexity index is 600. The molecule has 1 radical (unpaired) electrons. The summed E-state index contributed by atoms with van der Waals surface area (Å²) in [7, 11) is 0. The van der Waals surface area contributed by atoms with Crippen molar-refractivity contribution in [2.45, 2.75) is 0 Å². The Kier molecular flexibility index (Phi) is 2.43. The lowest BCUT2D eigenvalue weighted by Gasteiger charge is -2.02. The standard InChI is InChI=1S/C14H10N3/c1-2-4-11(5-3-1)13-10-12(6-7-15-13)14-16-8-9-17-14/h1-8,10H,(H,16,17). The van der Waals surface area contributed by atoms with Crippen molar-refractivity contribution >= 4 is 0 Å². The zero-order valence-electron chi connectivity index (χ0n) is 9.09. The van der Waals surface area contributed by atoms with Crippen LogP contribution >= 0.6 is 0 Å². The number of H-pyrrole nitrogens is 1. The van der Waals surface area contributed by atoms with Crippen molar-refractivity contribution < 1.29 is 0 Å². The van der Waals surface area contributed by atoms with E-state index in [1.165, 1.54) is 0 Å². The van der Waals surface area contributed by atoms with Crippen LogP contribution in [0.3, 0.4) is 0 Å². The number of nitrogens with one attached hydrogen (secondary N) is 1. The Labute approximate surface area is 99.2 Å². The molecule has 1 aromatic carbocycles. The van der Waals surface area contributed by atoms with Crippen molar-refractivity contribution in [1.82, 2.24) is 15.0 Å². The molecule has 0 atom stereocenters. The Morgan fingerprint density at radius 3 is 2.65 bits per heavy atom. The van der Waals surface area contributed by atoms with Gasteiger partial charge in [0.2, 0.25) is 0 Å². The number of hydrogen-bond donors (Lipinski definition) is 1. The molecule has 0 aliphatic heterocycles. The molecule has 0 fully saturated rings. The van der Waals surface area contributed by atoms with Crippen LogP contribution in [0.2, 0.25) is 0 Å². The number of benzene rings is 1. The van der Waals surface area contributed by atoms with Crippen LogP contribution in [0.5, 0.6) is 0 Å². The summed E-state index contributed by atoms with van der Waals surface area (Å²) in [5.74, 6) is 0.810. The van der Waals surface area contributed by atoms with Crippen LogP contribution in [0, 0.1) is 6.20 Å². The second-order valence-corrected chi connectivity index (χ2v) is 3.67. The molecule has 0 spiro atoms. The smallest absolute Gasteiger partial charge is 0.138 e. The van der Waals surface area contributed by atoms with E-state index in [2.05, 4.69) is 21.1 Å². The quantitative estimate of drug-likeness (QED) is 0.721. The molecule has 3 heteroatoms. The zero-order chi connectivity index (χ0) is 11.5. The zero-order valence-corrected chi connectivity index (χ0v) is 9.09. The minimum atomic E-state index is 0.810. The number of nitrogens with zero attached hydrogens (tertiary/aromatic N) is 2. The maximum atomic E-state index is 4.37. The molecule has 0 bridgehead atoms. The molecule has 3 nitrogen and oxygen atoms in total. The fraction of sp³-hybridized carbons (Fsp3) is 0. The maximum absolute atomic E-state index is 4.37. The first-order valence-corrected chi connectivity index (χ1v) is 5.37. The predicted molar refractivity (Wildman–Crippen MR) is 66.1 cm³/mol. The monoisotopic (exact) mass is 220 g/mol. The van der Waals surface area contributed by atoms with Crippen molar-refractivity contribution in [3.63, 3.8) is 0 Å². The molecule has 0 aliphatic rings. The van der Waals surface area contributed by atoms with Gasteiger partial charge in [0.05, 0.1) is 5.69 Å². The van der Waals surface area contributed by atoms with E-state index in [-0.39, 0.29) is 0 Å². The SMILES string of the molecule is [c]1c[nH]c(-c2ccnc(-c3ccccc3)c2)n1. The molecule has 1 N–H and O–H groups in total. The first kappa shape index (κ1) is 9.78. The van der Waals surface area contributed by atoms with Crippen LogP contribution in [-0.2, 0) is 0 Å². The first-order valence-electron chi connectivity index (χ1n) is 5.37. The predicted octanol–water partition coefficient (Wildman–Crippen LogP) is 2.94. The third-order valence-electron chi connectivity index (χ3n) is 2.55. The Morgan fingerprint density at radius 2 is 1.88 bits per heavy atom. The highest BCUT2D eigenvalue weighted by Crippen LogP contribution is 2.21. The molecule has 2 aromatic heterocycles. The van der Waals surface area contributed by atoms with Gasteiger partial charge in [0.1, 0.15) is 12.0 Å². The molecule has 2 heterocycles. The maximum Gasteiger partial charge on any atom is 0.138 e. The summed E-state index contributed by atoms with van der Waals surface area (Å²) in [6, 6.07) is 14.0. The first-order chi connectivity index (χ1) is 8.43. The highest BCUT2D eigenvalue weighted by molar-refractivity contribution is 5.66. The number of pyridine rings is 1. The van der Waals surface area contributed by atoms with E-state index in [4.69, 9.17) is 0 Å². The lowest BCUT2D eigenvalue weighted by atomic mass is 10.1. The summed E-state index contributed by atoms with van der Waals surface area (Å²) >= 11 is 0. The Morgan fingerprint density at radius 1 is 1.00 bits per heavy atom. The van der Waals surface area contributed by atoms with Crippen LogP contribution in [0.25, 0.3) is 22.6 Å². The molecule has 0 saturated carbocycles. The summed E-state index contributed by atoms with van der Waals surface area (Å²) in [6.07, 6.45) is 6.25. The highest BCUT2D eigenvalue weighted by Gasteiger charge is 2.03. The molecular formula is C14H10N3. The summed E-state index contributed by atoms with van der Waals surface area (Å²) in [5, 5.41) is 0. The van der Waals surface area contributed by atoms with E-state index in [0.717, 1.165) is 22.6 Å². The van der Waals surface area contributed by atoms with Crippen LogP contribution in [0.4, 0.5) is 0 Å². The van der Waals surface area contributed by atoms with Crippen molar-refractivity contribution in [3.8, 4) is 22.6 Å². The fourth-order valence-corrected chi connectivity index (χ4v) is 1.72. The van der Waals surface area contributed by atoms with E-state index in [1.807, 2.05) is 42.5 Å². The minimum absolute atomic E-state index is 0.810. The van der Waals surface area contributed by atoms with Gasteiger partial charge in [-0.1, -0.05) is 30.3 Å². The molecule has 3 aromatic rings. The molecule has 0 saturated heterocycles. The normalized spacial score (nSPS) is 10.4. The van der Waals surface area contributed by atoms with E-state index in [0.29, 0.717) is 0 Å². The largest absolute Gasteiger partial charge is 0.344 e. The van der Waals surface area contributed by atoms with Crippen molar-refractivity contribution in [2.75, 3.05) is 0 Å². The van der Waals surface area contributed by atoms with Gasteiger partial charge in [0.25, 0.3) is 0 Å². The summed E-state index contributed by atoms with van der Waals surface area (Å²) < 4.78 is 0.